The largest absolute Gasteiger partial charge is 0.383 e. The van der Waals surface area contributed by atoms with Crippen molar-refractivity contribution in [2.45, 2.75) is 26.3 Å². The molecule has 3 heterocycles. The third-order valence-electron chi connectivity index (χ3n) is 5.70. The molecule has 1 aromatic rings. The number of hydrogen-bond donors (Lipinski definition) is 1. The Hall–Kier alpha value is -1.64. The van der Waals surface area contributed by atoms with Gasteiger partial charge in [0.2, 0.25) is 0 Å². The van der Waals surface area contributed by atoms with Crippen molar-refractivity contribution in [1.29, 1.82) is 0 Å². The summed E-state index contributed by atoms with van der Waals surface area (Å²) in [6.07, 6.45) is 4.11. The van der Waals surface area contributed by atoms with Gasteiger partial charge in [0.1, 0.15) is 6.26 Å². The first-order valence-corrected chi connectivity index (χ1v) is 10.6. The molecule has 0 bridgehead atoms. The summed E-state index contributed by atoms with van der Waals surface area (Å²) in [7, 11) is 1.78. The quantitative estimate of drug-likeness (QED) is 0.525. The number of methoxy groups -OCH3 is 1. The molecule has 0 aromatic carbocycles. The summed E-state index contributed by atoms with van der Waals surface area (Å²) in [5.74, 6) is 1.77. The fourth-order valence-electron chi connectivity index (χ4n) is 3.92. The zero-order chi connectivity index (χ0) is 19.6. The fraction of sp³-hybridized carbons (Fsp3) is 0.800. The van der Waals surface area contributed by atoms with Gasteiger partial charge in [0, 0.05) is 65.5 Å². The number of guanidine groups is 1. The smallest absolute Gasteiger partial charge is 0.194 e. The van der Waals surface area contributed by atoms with Gasteiger partial charge in [-0.2, -0.15) is 0 Å². The molecular formula is C20H36N6O2. The molecule has 8 heteroatoms. The van der Waals surface area contributed by atoms with Crippen LogP contribution in [0.15, 0.2) is 21.8 Å². The molecule has 0 radical (unpaired) electrons. The Morgan fingerprint density at radius 2 is 2.00 bits per heavy atom. The van der Waals surface area contributed by atoms with Crippen molar-refractivity contribution in [2.24, 2.45) is 10.9 Å². The topological polar surface area (TPSA) is 69.4 Å². The Labute approximate surface area is 168 Å². The molecule has 1 N–H and O–H groups in total. The summed E-state index contributed by atoms with van der Waals surface area (Å²) in [5.41, 5.74) is 1.01. The number of piperazine rings is 1. The van der Waals surface area contributed by atoms with Crippen molar-refractivity contribution < 1.29 is 9.26 Å². The highest BCUT2D eigenvalue weighted by molar-refractivity contribution is 5.80. The summed E-state index contributed by atoms with van der Waals surface area (Å²) >= 11 is 0. The molecule has 3 rings (SSSR count). The molecule has 2 saturated heterocycles. The maximum Gasteiger partial charge on any atom is 0.194 e. The summed E-state index contributed by atoms with van der Waals surface area (Å²) in [6.45, 7) is 13.1. The van der Waals surface area contributed by atoms with Crippen LogP contribution in [0.5, 0.6) is 0 Å². The minimum Gasteiger partial charge on any atom is -0.383 e. The van der Waals surface area contributed by atoms with E-state index < -0.39 is 0 Å². The van der Waals surface area contributed by atoms with E-state index in [0.29, 0.717) is 5.92 Å². The van der Waals surface area contributed by atoms with Crippen LogP contribution in [-0.2, 0) is 11.3 Å². The van der Waals surface area contributed by atoms with Crippen molar-refractivity contribution in [1.82, 2.24) is 25.2 Å². The summed E-state index contributed by atoms with van der Waals surface area (Å²) in [5, 5.41) is 7.51. The number of likely N-dealkylation sites (tertiary alicyclic amines) is 1. The van der Waals surface area contributed by atoms with Crippen molar-refractivity contribution in [3.05, 3.63) is 18.0 Å². The predicted molar refractivity (Wildman–Crippen MR) is 110 cm³/mol. The van der Waals surface area contributed by atoms with Gasteiger partial charge in [-0.1, -0.05) is 5.16 Å². The van der Waals surface area contributed by atoms with Crippen LogP contribution in [0, 0.1) is 5.92 Å². The molecule has 0 unspecified atom stereocenters. The molecule has 158 valence electrons. The van der Waals surface area contributed by atoms with E-state index in [1.165, 1.54) is 25.9 Å². The van der Waals surface area contributed by atoms with Crippen molar-refractivity contribution in [3.63, 3.8) is 0 Å². The average molecular weight is 393 g/mol. The minimum absolute atomic E-state index is 0.695. The first-order valence-electron chi connectivity index (χ1n) is 10.6. The zero-order valence-corrected chi connectivity index (χ0v) is 17.5. The number of hydrogen-bond acceptors (Lipinski definition) is 6. The second kappa shape index (κ2) is 11.4. The molecule has 0 saturated carbocycles. The number of aromatic nitrogens is 1. The Morgan fingerprint density at radius 3 is 2.64 bits per heavy atom. The Bertz CT molecular complexity index is 563. The van der Waals surface area contributed by atoms with E-state index in [-0.39, 0.29) is 0 Å². The van der Waals surface area contributed by atoms with Gasteiger partial charge in [-0.25, -0.2) is 0 Å². The van der Waals surface area contributed by atoms with Gasteiger partial charge in [0.15, 0.2) is 5.96 Å². The van der Waals surface area contributed by atoms with Crippen LogP contribution in [0.4, 0.5) is 0 Å². The van der Waals surface area contributed by atoms with Gasteiger partial charge < -0.3 is 24.4 Å². The van der Waals surface area contributed by atoms with E-state index in [9.17, 15) is 0 Å². The minimum atomic E-state index is 0.695. The molecule has 0 spiro atoms. The molecule has 8 nitrogen and oxygen atoms in total. The molecule has 2 aliphatic rings. The number of nitrogens with zero attached hydrogens (tertiary/aromatic N) is 5. The third-order valence-corrected chi connectivity index (χ3v) is 5.70. The fourth-order valence-corrected chi connectivity index (χ4v) is 3.92. The summed E-state index contributed by atoms with van der Waals surface area (Å²) < 4.78 is 10.1. The van der Waals surface area contributed by atoms with E-state index in [1.807, 2.05) is 6.07 Å². The second-order valence-electron chi connectivity index (χ2n) is 7.73. The maximum absolute atomic E-state index is 5.19. The van der Waals surface area contributed by atoms with Gasteiger partial charge >= 0.3 is 0 Å². The van der Waals surface area contributed by atoms with Crippen LogP contribution in [0.25, 0.3) is 0 Å². The van der Waals surface area contributed by atoms with Gasteiger partial charge in [-0.05, 0) is 38.8 Å². The molecule has 2 fully saturated rings. The number of aliphatic imine (C=N–C) groups is 1. The van der Waals surface area contributed by atoms with E-state index in [4.69, 9.17) is 14.3 Å². The molecule has 0 amide bonds. The SMILES string of the molecule is CCNC(=NCC1CCN(CCOC)CC1)N1CCN(Cc2ccon2)CC1. The summed E-state index contributed by atoms with van der Waals surface area (Å²) in [6, 6.07) is 1.94. The Balaban J connectivity index is 1.43. The predicted octanol–water partition coefficient (Wildman–Crippen LogP) is 1.12. The van der Waals surface area contributed by atoms with Crippen molar-refractivity contribution >= 4 is 5.96 Å². The average Bonchev–Trinajstić information content (AvgIpc) is 3.24. The van der Waals surface area contributed by atoms with Gasteiger partial charge in [-0.3, -0.25) is 9.89 Å². The van der Waals surface area contributed by atoms with Crippen LogP contribution >= 0.6 is 0 Å². The highest BCUT2D eigenvalue weighted by atomic mass is 16.5. The lowest BCUT2D eigenvalue weighted by atomic mass is 9.97. The van der Waals surface area contributed by atoms with Crippen LogP contribution < -0.4 is 5.32 Å². The standard InChI is InChI=1S/C20H36N6O2/c1-3-21-20(22-16-18-4-7-24(8-5-18)13-15-27-2)26-11-9-25(10-12-26)17-19-6-14-28-23-19/h6,14,18H,3-5,7-13,15-17H2,1-2H3,(H,21,22). The zero-order valence-electron chi connectivity index (χ0n) is 17.5. The van der Waals surface area contributed by atoms with Gasteiger partial charge in [0.25, 0.3) is 0 Å². The highest BCUT2D eigenvalue weighted by Crippen LogP contribution is 2.17. The molecular weight excluding hydrogens is 356 g/mol. The number of rotatable bonds is 8. The highest BCUT2D eigenvalue weighted by Gasteiger charge is 2.22. The second-order valence-corrected chi connectivity index (χ2v) is 7.73. The maximum atomic E-state index is 5.19. The lowest BCUT2D eigenvalue weighted by Crippen LogP contribution is -2.52. The van der Waals surface area contributed by atoms with Crippen molar-refractivity contribution in [2.75, 3.05) is 72.6 Å². The monoisotopic (exact) mass is 392 g/mol. The normalized spacial score (nSPS) is 20.6. The van der Waals surface area contributed by atoms with Crippen LogP contribution in [-0.4, -0.2) is 98.4 Å². The number of ether oxygens (including phenoxy) is 1. The molecule has 1 aromatic heterocycles. The molecule has 28 heavy (non-hydrogen) atoms. The van der Waals surface area contributed by atoms with E-state index >= 15 is 0 Å². The van der Waals surface area contributed by atoms with Crippen molar-refractivity contribution in [3.8, 4) is 0 Å². The van der Waals surface area contributed by atoms with Crippen LogP contribution in [0.3, 0.4) is 0 Å². The van der Waals surface area contributed by atoms with E-state index in [0.717, 1.165) is 70.6 Å². The summed E-state index contributed by atoms with van der Waals surface area (Å²) in [4.78, 5) is 12.3. The lowest BCUT2D eigenvalue weighted by Gasteiger charge is -2.36. The van der Waals surface area contributed by atoms with Gasteiger partial charge in [0.05, 0.1) is 12.3 Å². The molecule has 0 aliphatic carbocycles. The third kappa shape index (κ3) is 6.46. The number of nitrogens with one attached hydrogen (secondary N) is 1. The lowest BCUT2D eigenvalue weighted by molar-refractivity contribution is 0.121. The molecule has 0 atom stereocenters. The first kappa shape index (κ1) is 21.1. The Kier molecular flexibility index (Phi) is 8.57. The first-order chi connectivity index (χ1) is 13.8. The van der Waals surface area contributed by atoms with E-state index in [2.05, 4.69) is 32.1 Å². The Morgan fingerprint density at radius 1 is 1.21 bits per heavy atom. The van der Waals surface area contributed by atoms with Crippen LogP contribution in [0.2, 0.25) is 0 Å². The van der Waals surface area contributed by atoms with Crippen LogP contribution in [0.1, 0.15) is 25.5 Å². The molecule has 2 aliphatic heterocycles. The van der Waals surface area contributed by atoms with Gasteiger partial charge in [-0.15, -0.1) is 0 Å². The number of piperidine rings is 1. The van der Waals surface area contributed by atoms with E-state index in [1.54, 1.807) is 13.4 Å².